The van der Waals surface area contributed by atoms with Gasteiger partial charge in [-0.15, -0.1) is 0 Å². The molecule has 1 aromatic carbocycles. The van der Waals surface area contributed by atoms with Gasteiger partial charge in [0.15, 0.2) is 0 Å². The molecule has 0 saturated heterocycles. The number of halogens is 1. The summed E-state index contributed by atoms with van der Waals surface area (Å²) in [5, 5.41) is 5.02. The summed E-state index contributed by atoms with van der Waals surface area (Å²) in [6, 6.07) is 6.65. The standard InChI is InChI=1S/C16H14FN3O/c17-14-8-11(7-13-12(14)3-5-18-16(13)21)15-4-6-19-20(15)9-10-1-2-10/h3-8,10H,1-2,9H2,(H,18,21). The number of nitrogens with one attached hydrogen (secondary N) is 1. The molecular formula is C16H14FN3O. The van der Waals surface area contributed by atoms with Crippen LogP contribution < -0.4 is 5.56 Å². The first-order valence-electron chi connectivity index (χ1n) is 7.05. The Morgan fingerprint density at radius 1 is 1.29 bits per heavy atom. The summed E-state index contributed by atoms with van der Waals surface area (Å²) in [5.41, 5.74) is 1.27. The minimum Gasteiger partial charge on any atom is -0.329 e. The lowest BCUT2D eigenvalue weighted by molar-refractivity contribution is 0.568. The van der Waals surface area contributed by atoms with Gasteiger partial charge in [-0.05, 0) is 43.0 Å². The van der Waals surface area contributed by atoms with Crippen molar-refractivity contribution in [1.82, 2.24) is 14.8 Å². The van der Waals surface area contributed by atoms with Crippen LogP contribution in [0.15, 0.2) is 41.5 Å². The van der Waals surface area contributed by atoms with E-state index in [9.17, 15) is 9.18 Å². The van der Waals surface area contributed by atoms with Gasteiger partial charge in [-0.25, -0.2) is 4.39 Å². The molecule has 4 rings (SSSR count). The molecule has 21 heavy (non-hydrogen) atoms. The van der Waals surface area contributed by atoms with E-state index in [0.29, 0.717) is 22.3 Å². The molecule has 0 radical (unpaired) electrons. The van der Waals surface area contributed by atoms with E-state index in [1.165, 1.54) is 25.1 Å². The van der Waals surface area contributed by atoms with E-state index in [0.717, 1.165) is 12.2 Å². The van der Waals surface area contributed by atoms with Crippen LogP contribution in [0.25, 0.3) is 22.0 Å². The van der Waals surface area contributed by atoms with Crippen molar-refractivity contribution < 1.29 is 4.39 Å². The zero-order chi connectivity index (χ0) is 14.4. The highest BCUT2D eigenvalue weighted by molar-refractivity contribution is 5.86. The molecule has 1 N–H and O–H groups in total. The van der Waals surface area contributed by atoms with Gasteiger partial charge in [0, 0.05) is 29.9 Å². The fraction of sp³-hybridized carbons (Fsp3) is 0.250. The summed E-state index contributed by atoms with van der Waals surface area (Å²) in [5.74, 6) is 0.296. The largest absolute Gasteiger partial charge is 0.329 e. The summed E-state index contributed by atoms with van der Waals surface area (Å²) < 4.78 is 16.1. The highest BCUT2D eigenvalue weighted by atomic mass is 19.1. The van der Waals surface area contributed by atoms with E-state index in [4.69, 9.17) is 0 Å². The maximum atomic E-state index is 14.2. The van der Waals surface area contributed by atoms with Crippen molar-refractivity contribution in [2.24, 2.45) is 5.92 Å². The molecule has 1 saturated carbocycles. The van der Waals surface area contributed by atoms with Crippen molar-refractivity contribution >= 4 is 10.8 Å². The number of fused-ring (bicyclic) bond motifs is 1. The summed E-state index contributed by atoms with van der Waals surface area (Å²) in [6.45, 7) is 0.854. The Labute approximate surface area is 120 Å². The molecule has 3 aromatic rings. The average Bonchev–Trinajstić information content (AvgIpc) is 3.16. The summed E-state index contributed by atoms with van der Waals surface area (Å²) >= 11 is 0. The maximum absolute atomic E-state index is 14.2. The van der Waals surface area contributed by atoms with E-state index in [1.807, 2.05) is 10.7 Å². The molecule has 0 bridgehead atoms. The Balaban J connectivity index is 1.88. The van der Waals surface area contributed by atoms with Crippen LogP contribution in [0.1, 0.15) is 12.8 Å². The van der Waals surface area contributed by atoms with Gasteiger partial charge in [0.25, 0.3) is 5.56 Å². The Bertz CT molecular complexity index is 877. The second-order valence-corrected chi connectivity index (χ2v) is 5.57. The molecule has 0 atom stereocenters. The molecule has 4 nitrogen and oxygen atoms in total. The zero-order valence-corrected chi connectivity index (χ0v) is 11.3. The molecule has 2 aromatic heterocycles. The highest BCUT2D eigenvalue weighted by Gasteiger charge is 2.23. The molecule has 1 aliphatic carbocycles. The topological polar surface area (TPSA) is 50.7 Å². The molecule has 0 spiro atoms. The van der Waals surface area contributed by atoms with E-state index in [1.54, 1.807) is 18.3 Å². The van der Waals surface area contributed by atoms with E-state index >= 15 is 0 Å². The van der Waals surface area contributed by atoms with Crippen molar-refractivity contribution in [2.45, 2.75) is 19.4 Å². The number of pyridine rings is 1. The fourth-order valence-electron chi connectivity index (χ4n) is 2.67. The number of aromatic amines is 1. The van der Waals surface area contributed by atoms with Crippen molar-refractivity contribution in [1.29, 1.82) is 0 Å². The highest BCUT2D eigenvalue weighted by Crippen LogP contribution is 2.32. The van der Waals surface area contributed by atoms with E-state index < -0.39 is 0 Å². The fourth-order valence-corrected chi connectivity index (χ4v) is 2.67. The SMILES string of the molecule is O=c1[nH]ccc2c(F)cc(-c3ccnn3CC3CC3)cc12. The molecular weight excluding hydrogens is 269 g/mol. The van der Waals surface area contributed by atoms with Crippen LogP contribution in [-0.4, -0.2) is 14.8 Å². The van der Waals surface area contributed by atoms with Crippen LogP contribution in [0.2, 0.25) is 0 Å². The predicted octanol–water partition coefficient (Wildman–Crippen LogP) is 2.94. The lowest BCUT2D eigenvalue weighted by atomic mass is 10.1. The zero-order valence-electron chi connectivity index (χ0n) is 11.3. The third-order valence-corrected chi connectivity index (χ3v) is 3.98. The van der Waals surface area contributed by atoms with Gasteiger partial charge in [0.2, 0.25) is 0 Å². The monoisotopic (exact) mass is 283 g/mol. The van der Waals surface area contributed by atoms with Crippen LogP contribution in [0.3, 0.4) is 0 Å². The van der Waals surface area contributed by atoms with Gasteiger partial charge in [0.05, 0.1) is 11.1 Å². The molecule has 2 heterocycles. The van der Waals surface area contributed by atoms with Gasteiger partial charge in [-0.2, -0.15) is 5.10 Å². The molecule has 1 aliphatic rings. The number of hydrogen-bond acceptors (Lipinski definition) is 2. The van der Waals surface area contributed by atoms with Crippen molar-refractivity contribution in [2.75, 3.05) is 0 Å². The molecule has 0 unspecified atom stereocenters. The van der Waals surface area contributed by atoms with Gasteiger partial charge >= 0.3 is 0 Å². The first kappa shape index (κ1) is 12.3. The maximum Gasteiger partial charge on any atom is 0.255 e. The molecule has 0 aliphatic heterocycles. The Kier molecular flexibility index (Phi) is 2.67. The average molecular weight is 283 g/mol. The third kappa shape index (κ3) is 2.14. The second-order valence-electron chi connectivity index (χ2n) is 5.57. The van der Waals surface area contributed by atoms with E-state index in [-0.39, 0.29) is 11.4 Å². The first-order valence-corrected chi connectivity index (χ1v) is 7.05. The number of H-pyrrole nitrogens is 1. The van der Waals surface area contributed by atoms with Gasteiger partial charge in [-0.1, -0.05) is 0 Å². The molecule has 5 heteroatoms. The first-order chi connectivity index (χ1) is 10.2. The Hall–Kier alpha value is -2.43. The van der Waals surface area contributed by atoms with Gasteiger partial charge in [0.1, 0.15) is 5.82 Å². The summed E-state index contributed by atoms with van der Waals surface area (Å²) in [7, 11) is 0. The smallest absolute Gasteiger partial charge is 0.255 e. The van der Waals surface area contributed by atoms with Crippen LogP contribution in [-0.2, 0) is 6.54 Å². The number of hydrogen-bond donors (Lipinski definition) is 1. The van der Waals surface area contributed by atoms with Crippen molar-refractivity contribution in [3.63, 3.8) is 0 Å². The minimum absolute atomic E-state index is 0.276. The van der Waals surface area contributed by atoms with Crippen molar-refractivity contribution in [3.8, 4) is 11.3 Å². The number of benzene rings is 1. The molecule has 106 valence electrons. The van der Waals surface area contributed by atoms with Crippen LogP contribution in [0, 0.1) is 11.7 Å². The van der Waals surface area contributed by atoms with Crippen LogP contribution in [0.5, 0.6) is 0 Å². The normalized spacial score (nSPS) is 14.7. The predicted molar refractivity (Wildman–Crippen MR) is 78.5 cm³/mol. The lowest BCUT2D eigenvalue weighted by Gasteiger charge is -2.08. The lowest BCUT2D eigenvalue weighted by Crippen LogP contribution is -2.07. The van der Waals surface area contributed by atoms with Gasteiger partial charge in [-0.3, -0.25) is 9.48 Å². The Morgan fingerprint density at radius 3 is 2.95 bits per heavy atom. The summed E-state index contributed by atoms with van der Waals surface area (Å²) in [6.07, 6.45) is 5.63. The number of nitrogens with zero attached hydrogens (tertiary/aromatic N) is 2. The van der Waals surface area contributed by atoms with Gasteiger partial charge < -0.3 is 4.98 Å². The van der Waals surface area contributed by atoms with Crippen LogP contribution >= 0.6 is 0 Å². The number of aromatic nitrogens is 3. The Morgan fingerprint density at radius 2 is 2.14 bits per heavy atom. The van der Waals surface area contributed by atoms with E-state index in [2.05, 4.69) is 10.1 Å². The third-order valence-electron chi connectivity index (χ3n) is 3.98. The number of rotatable bonds is 3. The second kappa shape index (κ2) is 4.55. The van der Waals surface area contributed by atoms with Crippen molar-refractivity contribution in [3.05, 3.63) is 52.8 Å². The van der Waals surface area contributed by atoms with Crippen LogP contribution in [0.4, 0.5) is 4.39 Å². The summed E-state index contributed by atoms with van der Waals surface area (Å²) in [4.78, 5) is 14.5. The molecule has 0 amide bonds. The minimum atomic E-state index is -0.382. The quantitative estimate of drug-likeness (QED) is 0.803. The molecule has 1 fully saturated rings.